The first-order valence-electron chi connectivity index (χ1n) is 41.0. The lowest BCUT2D eigenvalue weighted by molar-refractivity contribution is -0.161. The van der Waals surface area contributed by atoms with Crippen molar-refractivity contribution in [3.8, 4) is 0 Å². The van der Waals surface area contributed by atoms with Gasteiger partial charge in [0.2, 0.25) is 0 Å². The molecule has 0 heterocycles. The minimum atomic E-state index is -4.96. The maximum Gasteiger partial charge on any atom is 0.472 e. The average Bonchev–Trinajstić information content (AvgIpc) is 1.74. The predicted octanol–water partition coefficient (Wildman–Crippen LogP) is 23.5. The molecule has 0 saturated heterocycles. The highest BCUT2D eigenvalue weighted by atomic mass is 31.2. The summed E-state index contributed by atoms with van der Waals surface area (Å²) in [6.45, 7) is 9.62. The quantitative estimate of drug-likeness (QED) is 0.0222. The SMILES string of the molecule is CCCCCCCCCCCCCCCCCC(=O)OC[C@H](COP(=O)(O)OC[C@@H](O)COP(=O)(O)OC[C@@H](COC(=O)CCCCCCCCCCC(C)C)OC(=O)CCCCCCCCCCCCCCC)OC(=O)CCCCCCCCCCCCCCCCCCC(C)C. The van der Waals surface area contributed by atoms with Gasteiger partial charge in [-0.05, 0) is 37.5 Å². The lowest BCUT2D eigenvalue weighted by Gasteiger charge is -2.21. The largest absolute Gasteiger partial charge is 0.472 e. The maximum atomic E-state index is 13.1. The Balaban J connectivity index is 5.24. The fourth-order valence-corrected chi connectivity index (χ4v) is 13.8. The molecule has 0 aromatic heterocycles. The molecule has 98 heavy (non-hydrogen) atoms. The second-order valence-corrected chi connectivity index (χ2v) is 32.3. The number of hydrogen-bond donors (Lipinski definition) is 3. The summed E-state index contributed by atoms with van der Waals surface area (Å²) < 4.78 is 68.7. The summed E-state index contributed by atoms with van der Waals surface area (Å²) in [5.74, 6) is -0.574. The number of aliphatic hydroxyl groups is 1. The van der Waals surface area contributed by atoms with Gasteiger partial charge in [0.1, 0.15) is 19.3 Å². The average molecular weight is 1440 g/mol. The number of aliphatic hydroxyl groups excluding tert-OH is 1. The van der Waals surface area contributed by atoms with E-state index in [1.807, 2.05) is 0 Å². The molecule has 0 fully saturated rings. The lowest BCUT2D eigenvalue weighted by Crippen LogP contribution is -2.30. The molecule has 0 aliphatic carbocycles. The molecule has 0 radical (unpaired) electrons. The first kappa shape index (κ1) is 96.1. The van der Waals surface area contributed by atoms with Gasteiger partial charge in [0, 0.05) is 25.7 Å². The minimum Gasteiger partial charge on any atom is -0.462 e. The van der Waals surface area contributed by atoms with Gasteiger partial charge in [0.25, 0.3) is 0 Å². The number of phosphoric acid groups is 2. The van der Waals surface area contributed by atoms with E-state index in [1.165, 1.54) is 231 Å². The first-order chi connectivity index (χ1) is 47.4. The molecule has 3 N–H and O–H groups in total. The first-order valence-corrected chi connectivity index (χ1v) is 44.0. The van der Waals surface area contributed by atoms with E-state index in [-0.39, 0.29) is 25.7 Å². The molecule has 0 rings (SSSR count). The van der Waals surface area contributed by atoms with Crippen LogP contribution in [0.15, 0.2) is 0 Å². The zero-order chi connectivity index (χ0) is 72.1. The maximum absolute atomic E-state index is 13.1. The molecule has 5 atom stereocenters. The molecule has 0 aliphatic rings. The van der Waals surface area contributed by atoms with E-state index in [1.54, 1.807) is 0 Å². The van der Waals surface area contributed by atoms with Crippen molar-refractivity contribution in [2.45, 2.75) is 432 Å². The van der Waals surface area contributed by atoms with E-state index in [2.05, 4.69) is 41.5 Å². The molecule has 0 saturated carbocycles. The highest BCUT2D eigenvalue weighted by Crippen LogP contribution is 2.45. The predicted molar refractivity (Wildman–Crippen MR) is 400 cm³/mol. The topological polar surface area (TPSA) is 237 Å². The molecule has 0 bridgehead atoms. The number of rotatable bonds is 78. The van der Waals surface area contributed by atoms with E-state index in [4.69, 9.17) is 37.0 Å². The molecule has 0 aliphatic heterocycles. The number of hydrogen-bond acceptors (Lipinski definition) is 15. The number of phosphoric ester groups is 2. The van der Waals surface area contributed by atoms with Gasteiger partial charge in [-0.1, -0.05) is 363 Å². The molecular formula is C79H154O17P2. The van der Waals surface area contributed by atoms with Crippen LogP contribution in [0.3, 0.4) is 0 Å². The fourth-order valence-electron chi connectivity index (χ4n) is 12.2. The van der Waals surface area contributed by atoms with Crippen LogP contribution in [0.5, 0.6) is 0 Å². The minimum absolute atomic E-state index is 0.107. The van der Waals surface area contributed by atoms with Crippen molar-refractivity contribution >= 4 is 39.5 Å². The number of unbranched alkanes of at least 4 members (excludes halogenated alkanes) is 48. The van der Waals surface area contributed by atoms with Crippen LogP contribution in [-0.4, -0.2) is 96.7 Å². The third-order valence-electron chi connectivity index (χ3n) is 18.5. The Kier molecular flexibility index (Phi) is 69.3. The van der Waals surface area contributed by atoms with Crippen LogP contribution < -0.4 is 0 Å². The number of ether oxygens (including phenoxy) is 4. The second-order valence-electron chi connectivity index (χ2n) is 29.4. The van der Waals surface area contributed by atoms with Crippen molar-refractivity contribution in [1.82, 2.24) is 0 Å². The summed E-state index contributed by atoms with van der Waals surface area (Å²) in [5, 5.41) is 10.6. The lowest BCUT2D eigenvalue weighted by atomic mass is 10.0. The van der Waals surface area contributed by atoms with Gasteiger partial charge in [-0.15, -0.1) is 0 Å². The van der Waals surface area contributed by atoms with Crippen LogP contribution in [0.4, 0.5) is 0 Å². The van der Waals surface area contributed by atoms with E-state index < -0.39 is 97.5 Å². The molecule has 0 aromatic rings. The van der Waals surface area contributed by atoms with E-state index in [0.717, 1.165) is 102 Å². The molecule has 0 spiro atoms. The van der Waals surface area contributed by atoms with Gasteiger partial charge in [0.15, 0.2) is 12.2 Å². The van der Waals surface area contributed by atoms with Gasteiger partial charge < -0.3 is 33.8 Å². The van der Waals surface area contributed by atoms with Crippen molar-refractivity contribution in [3.05, 3.63) is 0 Å². The number of esters is 4. The number of carbonyl (C=O) groups is 4. The van der Waals surface area contributed by atoms with Gasteiger partial charge in [0.05, 0.1) is 26.4 Å². The Morgan fingerprint density at radius 2 is 0.469 bits per heavy atom. The van der Waals surface area contributed by atoms with Crippen molar-refractivity contribution < 1.29 is 80.2 Å². The third kappa shape index (κ3) is 72.4. The summed E-state index contributed by atoms with van der Waals surface area (Å²) >= 11 is 0. The van der Waals surface area contributed by atoms with Crippen LogP contribution in [0, 0.1) is 11.8 Å². The monoisotopic (exact) mass is 1440 g/mol. The van der Waals surface area contributed by atoms with E-state index >= 15 is 0 Å². The summed E-state index contributed by atoms with van der Waals surface area (Å²) in [5.41, 5.74) is 0. The zero-order valence-corrected chi connectivity index (χ0v) is 65.9. The van der Waals surface area contributed by atoms with Crippen LogP contribution in [0.2, 0.25) is 0 Å². The summed E-state index contributed by atoms with van der Waals surface area (Å²) in [7, 11) is -9.92. The Bertz CT molecular complexity index is 1890. The Hall–Kier alpha value is -1.94. The van der Waals surface area contributed by atoms with E-state index in [0.29, 0.717) is 25.7 Å². The summed E-state index contributed by atoms with van der Waals surface area (Å²) in [6.07, 6.45) is 59.6. The Morgan fingerprint density at radius 1 is 0.276 bits per heavy atom. The van der Waals surface area contributed by atoms with Crippen molar-refractivity contribution in [3.63, 3.8) is 0 Å². The van der Waals surface area contributed by atoms with E-state index in [9.17, 15) is 43.2 Å². The molecule has 19 heteroatoms. The standard InChI is InChI=1S/C79H154O17P2/c1-7-9-11-13-15-17-19-21-24-29-32-36-43-49-55-61-76(81)89-67-74(95-79(84)64-58-52-46-38-34-30-26-23-22-25-28-31-35-41-47-53-59-71(3)4)69-93-97(85,86)91-65-73(80)66-92-98(87,88)94-70-75(68-90-77(82)62-56-50-44-40-39-42-48-54-60-72(5)6)96-78(83)63-57-51-45-37-33-27-20-18-16-14-12-10-8-2/h71-75,80H,7-70H2,1-6H3,(H,85,86)(H,87,88)/t73-,74-,75-/m1/s1. The van der Waals surface area contributed by atoms with Crippen molar-refractivity contribution in [2.24, 2.45) is 11.8 Å². The van der Waals surface area contributed by atoms with Crippen LogP contribution >= 0.6 is 15.6 Å². The van der Waals surface area contributed by atoms with Crippen molar-refractivity contribution in [2.75, 3.05) is 39.6 Å². The van der Waals surface area contributed by atoms with Gasteiger partial charge in [-0.3, -0.25) is 37.3 Å². The third-order valence-corrected chi connectivity index (χ3v) is 20.4. The second kappa shape index (κ2) is 70.7. The molecule has 17 nitrogen and oxygen atoms in total. The highest BCUT2D eigenvalue weighted by molar-refractivity contribution is 7.47. The Morgan fingerprint density at radius 3 is 0.694 bits per heavy atom. The van der Waals surface area contributed by atoms with Crippen LogP contribution in [0.1, 0.15) is 414 Å². The Labute approximate surface area is 600 Å². The molecule has 582 valence electrons. The smallest absolute Gasteiger partial charge is 0.462 e. The summed E-state index contributed by atoms with van der Waals surface area (Å²) in [4.78, 5) is 72.9. The normalized spacial score (nSPS) is 13.9. The molecule has 2 unspecified atom stereocenters. The molecular weight excluding hydrogens is 1280 g/mol. The van der Waals surface area contributed by atoms with Crippen LogP contribution in [-0.2, 0) is 65.4 Å². The number of carbonyl (C=O) groups excluding carboxylic acids is 4. The van der Waals surface area contributed by atoms with Gasteiger partial charge in [-0.2, -0.15) is 0 Å². The summed E-state index contributed by atoms with van der Waals surface area (Å²) in [6, 6.07) is 0. The zero-order valence-electron chi connectivity index (χ0n) is 64.1. The van der Waals surface area contributed by atoms with Gasteiger partial charge >= 0.3 is 39.5 Å². The van der Waals surface area contributed by atoms with Crippen molar-refractivity contribution in [1.29, 1.82) is 0 Å². The fraction of sp³-hybridized carbons (Fsp3) is 0.949. The van der Waals surface area contributed by atoms with Gasteiger partial charge in [-0.25, -0.2) is 9.13 Å². The molecule has 0 aromatic carbocycles. The highest BCUT2D eigenvalue weighted by Gasteiger charge is 2.30. The van der Waals surface area contributed by atoms with Crippen LogP contribution in [0.25, 0.3) is 0 Å². The molecule has 0 amide bonds.